The van der Waals surface area contributed by atoms with Gasteiger partial charge in [0.05, 0.1) is 10.0 Å². The molecule has 0 nitrogen and oxygen atoms in total. The van der Waals surface area contributed by atoms with Gasteiger partial charge in [-0.25, -0.2) is 0 Å². The molecule has 8 aromatic carbocycles. The van der Waals surface area contributed by atoms with E-state index in [1.165, 1.54) is 41.5 Å². The van der Waals surface area contributed by atoms with Gasteiger partial charge in [-0.3, -0.25) is 0 Å². The fraction of sp³-hybridized carbons (Fsp3) is 0. The van der Waals surface area contributed by atoms with E-state index in [1.807, 2.05) is 84.9 Å². The molecular weight excluding hydrogens is 932 g/mol. The predicted molar refractivity (Wildman–Crippen MR) is 251 cm³/mol. The van der Waals surface area contributed by atoms with Crippen molar-refractivity contribution in [3.63, 3.8) is 0 Å². The van der Waals surface area contributed by atoms with Crippen molar-refractivity contribution < 1.29 is 0 Å². The van der Waals surface area contributed by atoms with Crippen LogP contribution < -0.4 is 0 Å². The van der Waals surface area contributed by atoms with Crippen molar-refractivity contribution in [1.29, 1.82) is 0 Å². The molecule has 272 valence electrons. The second-order valence-electron chi connectivity index (χ2n) is 13.2. The van der Waals surface area contributed by atoms with Gasteiger partial charge < -0.3 is 0 Å². The molecule has 0 aliphatic rings. The molecule has 0 aliphatic heterocycles. The zero-order chi connectivity index (χ0) is 37.8. The molecule has 0 fully saturated rings. The van der Waals surface area contributed by atoms with E-state index in [1.54, 1.807) is 8.52 Å². The monoisotopic (exact) mass is 966 g/mol. The average Bonchev–Trinajstić information content (AvgIpc) is 3.91. The van der Waals surface area contributed by atoms with Crippen molar-refractivity contribution in [2.75, 3.05) is 0 Å². The quantitative estimate of drug-likeness (QED) is 0.120. The molecule has 10 rings (SSSR count). The molecule has 0 amide bonds. The van der Waals surface area contributed by atoms with Crippen LogP contribution in [0.4, 0.5) is 0 Å². The van der Waals surface area contributed by atoms with E-state index in [2.05, 4.69) is 121 Å². The first-order chi connectivity index (χ1) is 27.6. The first-order valence-electron chi connectivity index (χ1n) is 18.1. The summed E-state index contributed by atoms with van der Waals surface area (Å²) in [5, 5.41) is 8.69. The molecule has 0 unspecified atom stereocenters. The fourth-order valence-electron chi connectivity index (χ4n) is 6.74. The third-order valence-electron chi connectivity index (χ3n) is 9.58. The molecule has 5 heteroatoms. The van der Waals surface area contributed by atoms with Gasteiger partial charge in [-0.2, -0.15) is 0 Å². The third kappa shape index (κ3) is 8.37. The Labute approximate surface area is 365 Å². The van der Waals surface area contributed by atoms with Crippen LogP contribution in [0.3, 0.4) is 0 Å². The molecule has 10 aromatic rings. The van der Waals surface area contributed by atoms with E-state index >= 15 is 0 Å². The molecular formula is C52H32Cl2Se3. The second kappa shape index (κ2) is 17.7. The summed E-state index contributed by atoms with van der Waals surface area (Å²) in [6.07, 6.45) is 0. The van der Waals surface area contributed by atoms with Crippen LogP contribution in [0.2, 0.25) is 10.0 Å². The summed E-state index contributed by atoms with van der Waals surface area (Å²) in [6.45, 7) is 0. The molecule has 0 aliphatic carbocycles. The molecule has 0 saturated heterocycles. The summed E-state index contributed by atoms with van der Waals surface area (Å²) >= 11 is 13.9. The van der Waals surface area contributed by atoms with Crippen LogP contribution in [0, 0.1) is 23.7 Å². The topological polar surface area (TPSA) is 0 Å². The molecule has 0 radical (unpaired) electrons. The molecule has 0 spiro atoms. The maximum atomic E-state index is 6.61. The molecule has 0 bridgehead atoms. The third-order valence-corrected chi connectivity index (χ3v) is 15.6. The number of rotatable bonds is 2. The Hall–Kier alpha value is -4.98. The van der Waals surface area contributed by atoms with Crippen molar-refractivity contribution in [2.24, 2.45) is 0 Å². The Bertz CT molecular complexity index is 2930. The van der Waals surface area contributed by atoms with Gasteiger partial charge in [0.15, 0.2) is 0 Å². The van der Waals surface area contributed by atoms with Crippen molar-refractivity contribution in [3.05, 3.63) is 214 Å². The summed E-state index contributed by atoms with van der Waals surface area (Å²) in [7, 11) is 0. The zero-order valence-corrected chi connectivity index (χ0v) is 37.4. The normalized spacial score (nSPS) is 10.6. The number of benzene rings is 8. The second-order valence-corrected chi connectivity index (χ2v) is 18.4. The van der Waals surface area contributed by atoms with Crippen molar-refractivity contribution in [1.82, 2.24) is 0 Å². The van der Waals surface area contributed by atoms with E-state index in [9.17, 15) is 0 Å². The van der Waals surface area contributed by atoms with Gasteiger partial charge in [-0.1, -0.05) is 95.4 Å². The minimum atomic E-state index is 0. The number of halogens is 2. The molecule has 0 saturated carbocycles. The Kier molecular flexibility index (Phi) is 12.0. The minimum absolute atomic E-state index is 0. The van der Waals surface area contributed by atoms with E-state index in [0.717, 1.165) is 33.0 Å². The van der Waals surface area contributed by atoms with Crippen molar-refractivity contribution in [2.45, 2.75) is 0 Å². The van der Waals surface area contributed by atoms with E-state index in [-0.39, 0.29) is 17.1 Å². The summed E-state index contributed by atoms with van der Waals surface area (Å²) in [6, 6.07) is 63.2. The van der Waals surface area contributed by atoms with Crippen LogP contribution in [0.15, 0.2) is 182 Å². The van der Waals surface area contributed by atoms with Crippen LogP contribution in [-0.4, -0.2) is 46.1 Å². The fourth-order valence-corrected chi connectivity index (χ4v) is 12.3. The van der Waals surface area contributed by atoms with Gasteiger partial charge >= 0.3 is 193 Å². The summed E-state index contributed by atoms with van der Waals surface area (Å²) < 4.78 is 6.08. The van der Waals surface area contributed by atoms with Gasteiger partial charge in [0.2, 0.25) is 0 Å². The standard InChI is InChI=1S/C26H14Cl2.C26H16Se2.H2Se/c27-25-21(13-11-19-7-3-1-4-8-19)15-17-24-23(25)18-16-22(26(24)28)14-12-20-9-5-2-6-10-20;1-3-7-17(8-4-1)23-15-19-11-13-22-21(25(19)27-23)14-12-20-16-24(28-26(20)22)18-9-5-2-6-10-18;/h1-10,15-18H;1-16H;1H2. The van der Waals surface area contributed by atoms with Gasteiger partial charge in [0.25, 0.3) is 0 Å². The van der Waals surface area contributed by atoms with Gasteiger partial charge in [0, 0.05) is 33.0 Å². The van der Waals surface area contributed by atoms with Crippen LogP contribution in [0.5, 0.6) is 0 Å². The number of hydrogen-bond donors (Lipinski definition) is 0. The summed E-state index contributed by atoms with van der Waals surface area (Å²) in [5.41, 5.74) is 6.18. The Morgan fingerprint density at radius 1 is 0.351 bits per heavy atom. The zero-order valence-electron chi connectivity index (χ0n) is 30.4. The van der Waals surface area contributed by atoms with E-state index in [4.69, 9.17) is 23.2 Å². The van der Waals surface area contributed by atoms with Gasteiger partial charge in [-0.15, -0.1) is 0 Å². The Morgan fingerprint density at radius 2 is 0.702 bits per heavy atom. The van der Waals surface area contributed by atoms with Gasteiger partial charge in [-0.05, 0) is 36.4 Å². The molecule has 2 aromatic heterocycles. The number of fused-ring (bicyclic) bond motifs is 6. The van der Waals surface area contributed by atoms with Crippen molar-refractivity contribution in [3.8, 4) is 43.7 Å². The summed E-state index contributed by atoms with van der Waals surface area (Å²) in [5.74, 6) is 12.6. The maximum absolute atomic E-state index is 6.61. The predicted octanol–water partition coefficient (Wildman–Crippen LogP) is 12.6. The van der Waals surface area contributed by atoms with Crippen LogP contribution >= 0.6 is 23.2 Å². The van der Waals surface area contributed by atoms with Crippen molar-refractivity contribution >= 4 is 110 Å². The Morgan fingerprint density at radius 3 is 1.09 bits per heavy atom. The molecule has 57 heavy (non-hydrogen) atoms. The first-order valence-corrected chi connectivity index (χ1v) is 22.3. The van der Waals surface area contributed by atoms with E-state index in [0.29, 0.717) is 39.1 Å². The average molecular weight is 965 g/mol. The van der Waals surface area contributed by atoms with Crippen LogP contribution in [0.1, 0.15) is 22.3 Å². The molecule has 0 N–H and O–H groups in total. The molecule has 2 heterocycles. The van der Waals surface area contributed by atoms with E-state index < -0.39 is 0 Å². The summed E-state index contributed by atoms with van der Waals surface area (Å²) in [4.78, 5) is 0. The SMILES string of the molecule is Clc1c(C#Cc2ccccc2)ccc2c(Cl)c(C#Cc3ccccc3)ccc12.[SeH2].c1ccc(-c2cc3ccc4c(ccc5cc(-c6ccccc6)[se]c54)c3[se]2)cc1. The van der Waals surface area contributed by atoms with Crippen LogP contribution in [0.25, 0.3) is 60.8 Å². The van der Waals surface area contributed by atoms with Crippen LogP contribution in [-0.2, 0) is 0 Å². The first kappa shape index (κ1) is 38.9. The number of hydrogen-bond acceptors (Lipinski definition) is 0. The Balaban J connectivity index is 0.000000157. The molecule has 0 atom stereocenters. The van der Waals surface area contributed by atoms with Gasteiger partial charge in [0.1, 0.15) is 0 Å².